The molecular weight excluding hydrogens is 528 g/mol. The Kier molecular flexibility index (Phi) is 8.94. The van der Waals surface area contributed by atoms with Crippen molar-refractivity contribution in [2.45, 2.75) is 63.1 Å². The summed E-state index contributed by atoms with van der Waals surface area (Å²) < 4.78 is 38.2. The minimum absolute atomic E-state index is 0.0194. The number of nitrogens with zero attached hydrogens (tertiary/aromatic N) is 2. The van der Waals surface area contributed by atoms with Crippen LogP contribution >= 0.6 is 0 Å². The van der Waals surface area contributed by atoms with Gasteiger partial charge in [0.15, 0.2) is 12.4 Å². The molecule has 4 N–H and O–H groups in total. The summed E-state index contributed by atoms with van der Waals surface area (Å²) in [4.78, 5) is 27.0. The maximum absolute atomic E-state index is 12.9. The zero-order valence-electron chi connectivity index (χ0n) is 22.2. The lowest BCUT2D eigenvalue weighted by atomic mass is 9.73. The van der Waals surface area contributed by atoms with Crippen molar-refractivity contribution in [2.24, 2.45) is 5.41 Å². The molecule has 1 aromatic heterocycles. The number of aromatic nitrogens is 1. The third-order valence-corrected chi connectivity index (χ3v) is 9.26. The number of piperidine rings is 1. The van der Waals surface area contributed by atoms with Gasteiger partial charge < -0.3 is 29.7 Å². The van der Waals surface area contributed by atoms with Crippen LogP contribution in [0.2, 0.25) is 0 Å². The highest BCUT2D eigenvalue weighted by molar-refractivity contribution is 7.89. The average Bonchev–Trinajstić information content (AvgIpc) is 3.25. The van der Waals surface area contributed by atoms with Crippen molar-refractivity contribution in [1.29, 1.82) is 0 Å². The van der Waals surface area contributed by atoms with E-state index in [1.54, 1.807) is 23.1 Å². The summed E-state index contributed by atoms with van der Waals surface area (Å²) in [5.41, 5.74) is 0.438. The molecule has 0 unspecified atom stereocenters. The summed E-state index contributed by atoms with van der Waals surface area (Å²) >= 11 is 0. The number of ether oxygens (including phenoxy) is 1. The third kappa shape index (κ3) is 6.96. The fourth-order valence-corrected chi connectivity index (χ4v) is 6.66. The Hall–Kier alpha value is -3.00. The van der Waals surface area contributed by atoms with Crippen molar-refractivity contribution in [3.63, 3.8) is 0 Å². The van der Waals surface area contributed by atoms with Gasteiger partial charge >= 0.3 is 0 Å². The fourth-order valence-electron chi connectivity index (χ4n) is 5.30. The second-order valence-electron chi connectivity index (χ2n) is 10.4. The number of carbonyl (C=O) groups is 2. The van der Waals surface area contributed by atoms with Crippen molar-refractivity contribution in [3.8, 4) is 5.75 Å². The van der Waals surface area contributed by atoms with E-state index in [2.05, 4.69) is 15.2 Å². The number of para-hydroxylation sites is 1. The molecule has 2 aliphatic heterocycles. The second-order valence-corrected chi connectivity index (χ2v) is 12.1. The molecule has 0 radical (unpaired) electrons. The molecule has 1 aromatic carbocycles. The number of carbonyl (C=O) groups excluding carboxylic acids is 2. The lowest BCUT2D eigenvalue weighted by Gasteiger charge is -2.43. The quantitative estimate of drug-likeness (QED) is 0.402. The van der Waals surface area contributed by atoms with Crippen molar-refractivity contribution in [3.05, 3.63) is 41.3 Å². The zero-order valence-corrected chi connectivity index (χ0v) is 23.0. The van der Waals surface area contributed by atoms with Gasteiger partial charge in [-0.05, 0) is 50.2 Å². The summed E-state index contributed by atoms with van der Waals surface area (Å²) in [6.07, 6.45) is -0.622. The molecule has 2 amide bonds. The highest BCUT2D eigenvalue weighted by Gasteiger charge is 2.39. The number of fused-ring (bicyclic) bond motifs is 1. The first-order valence-electron chi connectivity index (χ1n) is 13.0. The number of likely N-dealkylation sites (tertiary alicyclic amines) is 1. The molecule has 1 spiro atoms. The van der Waals surface area contributed by atoms with Gasteiger partial charge in [-0.1, -0.05) is 23.4 Å². The molecule has 12 nitrogen and oxygen atoms in total. The first-order chi connectivity index (χ1) is 18.5. The van der Waals surface area contributed by atoms with Crippen LogP contribution in [-0.2, 0) is 26.0 Å². The number of hydrogen-bond donors (Lipinski definition) is 4. The van der Waals surface area contributed by atoms with Crippen molar-refractivity contribution in [2.75, 3.05) is 32.8 Å². The van der Waals surface area contributed by atoms with Crippen LogP contribution in [0.25, 0.3) is 0 Å². The van der Waals surface area contributed by atoms with Crippen LogP contribution in [0.3, 0.4) is 0 Å². The molecule has 2 aromatic rings. The van der Waals surface area contributed by atoms with Crippen LogP contribution in [0.1, 0.15) is 42.7 Å². The Bertz CT molecular complexity index is 1270. The van der Waals surface area contributed by atoms with Crippen LogP contribution < -0.4 is 14.8 Å². The molecular formula is C26H36N4O8S. The number of aliphatic hydroxyl groups is 2. The van der Waals surface area contributed by atoms with Gasteiger partial charge in [0.2, 0.25) is 15.9 Å². The number of aliphatic hydroxyl groups excluding tert-OH is 2. The van der Waals surface area contributed by atoms with Crippen molar-refractivity contribution < 1.29 is 37.5 Å². The van der Waals surface area contributed by atoms with Gasteiger partial charge in [0.1, 0.15) is 16.3 Å². The normalized spacial score (nSPS) is 22.3. The van der Waals surface area contributed by atoms with E-state index in [-0.39, 0.29) is 67.1 Å². The minimum Gasteiger partial charge on any atom is -0.483 e. The Morgan fingerprint density at radius 2 is 1.92 bits per heavy atom. The maximum Gasteiger partial charge on any atom is 0.257 e. The summed E-state index contributed by atoms with van der Waals surface area (Å²) in [7, 11) is -3.86. The molecule has 1 saturated heterocycles. The molecule has 2 atom stereocenters. The van der Waals surface area contributed by atoms with Crippen molar-refractivity contribution in [1.82, 2.24) is 20.1 Å². The summed E-state index contributed by atoms with van der Waals surface area (Å²) in [5.74, 6) is 0.188. The van der Waals surface area contributed by atoms with Gasteiger partial charge in [-0.25, -0.2) is 13.1 Å². The smallest absolute Gasteiger partial charge is 0.257 e. The number of amides is 2. The number of rotatable bonds is 5. The molecule has 214 valence electrons. The van der Waals surface area contributed by atoms with Gasteiger partial charge in [0, 0.05) is 39.0 Å². The van der Waals surface area contributed by atoms with Gasteiger partial charge in [-0.15, -0.1) is 0 Å². The van der Waals surface area contributed by atoms with E-state index in [4.69, 9.17) is 9.26 Å². The van der Waals surface area contributed by atoms with Crippen LogP contribution in [0.15, 0.2) is 33.7 Å². The number of nitrogens with one attached hydrogen (secondary N) is 2. The fraction of sp³-hybridized carbons (Fsp3) is 0.577. The lowest BCUT2D eigenvalue weighted by molar-refractivity contribution is -0.134. The molecule has 0 aliphatic carbocycles. The zero-order chi connectivity index (χ0) is 28.2. The molecule has 4 rings (SSSR count). The predicted molar refractivity (Wildman–Crippen MR) is 139 cm³/mol. The molecule has 0 saturated carbocycles. The average molecular weight is 565 g/mol. The second kappa shape index (κ2) is 12.0. The summed E-state index contributed by atoms with van der Waals surface area (Å²) in [6, 6.07) is 7.11. The van der Waals surface area contributed by atoms with Crippen LogP contribution in [0, 0.1) is 19.3 Å². The van der Waals surface area contributed by atoms with Gasteiger partial charge in [0.25, 0.3) is 5.91 Å². The number of benzene rings is 1. The first kappa shape index (κ1) is 29.0. The minimum atomic E-state index is -3.86. The predicted octanol–water partition coefficient (Wildman–Crippen LogP) is 0.432. The monoisotopic (exact) mass is 564 g/mol. The van der Waals surface area contributed by atoms with Gasteiger partial charge in [0.05, 0.1) is 12.2 Å². The standard InChI is InChI=1S/C26H36N4O8S/c1-17-25(18(2)38-29-17)39(35,36)28-10-7-24(34)30-11-8-26(9-12-30)14-21(32)20(31)13-19-5-3-4-6-22(19)37-15-23(33)27-16-26/h3-6,20-21,28,31-32H,7-16H2,1-2H3,(H,27,33)/t20-,21+/m0/s1. The molecule has 2 aliphatic rings. The van der Waals surface area contributed by atoms with E-state index < -0.39 is 27.6 Å². The Morgan fingerprint density at radius 3 is 2.62 bits per heavy atom. The number of aryl methyl sites for hydroxylation is 2. The molecule has 3 heterocycles. The largest absolute Gasteiger partial charge is 0.483 e. The molecule has 0 bridgehead atoms. The molecule has 13 heteroatoms. The Labute approximate surface area is 227 Å². The first-order valence-corrected chi connectivity index (χ1v) is 14.5. The topological polar surface area (TPSA) is 171 Å². The Morgan fingerprint density at radius 1 is 1.21 bits per heavy atom. The molecule has 39 heavy (non-hydrogen) atoms. The van der Waals surface area contributed by atoms with E-state index in [9.17, 15) is 28.2 Å². The summed E-state index contributed by atoms with van der Waals surface area (Å²) in [6.45, 7) is 3.85. The van der Waals surface area contributed by atoms with E-state index in [1.165, 1.54) is 13.8 Å². The number of hydrogen-bond acceptors (Lipinski definition) is 9. The van der Waals surface area contributed by atoms with Crippen LogP contribution in [-0.4, -0.2) is 85.5 Å². The lowest BCUT2D eigenvalue weighted by Crippen LogP contribution is -2.51. The maximum atomic E-state index is 12.9. The van der Waals surface area contributed by atoms with E-state index in [0.29, 0.717) is 37.2 Å². The summed E-state index contributed by atoms with van der Waals surface area (Å²) in [5, 5.41) is 28.2. The van der Waals surface area contributed by atoms with E-state index in [0.717, 1.165) is 0 Å². The third-order valence-electron chi connectivity index (χ3n) is 7.55. The van der Waals surface area contributed by atoms with Gasteiger partial charge in [-0.3, -0.25) is 9.59 Å². The SMILES string of the molecule is Cc1noc(C)c1S(=O)(=O)NCCC(=O)N1CCC2(CC1)CNC(=O)COc1ccccc1C[C@H](O)[C@H](O)C2. The van der Waals surface area contributed by atoms with Gasteiger partial charge in [-0.2, -0.15) is 0 Å². The highest BCUT2D eigenvalue weighted by Crippen LogP contribution is 2.37. The van der Waals surface area contributed by atoms with Crippen molar-refractivity contribution >= 4 is 21.8 Å². The van der Waals surface area contributed by atoms with E-state index in [1.807, 2.05) is 6.07 Å². The molecule has 1 fully saturated rings. The highest BCUT2D eigenvalue weighted by atomic mass is 32.2. The van der Waals surface area contributed by atoms with Crippen LogP contribution in [0.4, 0.5) is 0 Å². The Balaban J connectivity index is 1.35. The van der Waals surface area contributed by atoms with E-state index >= 15 is 0 Å². The number of sulfonamides is 1. The van der Waals surface area contributed by atoms with Crippen LogP contribution in [0.5, 0.6) is 5.75 Å².